The number of hydrogen-bond donors (Lipinski definition) is 4. The number of benzene rings is 1. The summed E-state index contributed by atoms with van der Waals surface area (Å²) in [5.74, 6) is -0.576. The molecule has 0 saturated heterocycles. The number of nitrogens with one attached hydrogen (secondary N) is 3. The van der Waals surface area contributed by atoms with Crippen molar-refractivity contribution in [2.75, 3.05) is 12.4 Å². The average molecular weight is 264 g/mol. The Morgan fingerprint density at radius 1 is 1.26 bits per heavy atom. The first-order chi connectivity index (χ1) is 8.93. The normalized spacial score (nSPS) is 13.4. The van der Waals surface area contributed by atoms with Gasteiger partial charge in [-0.05, 0) is 38.6 Å². The number of urea groups is 1. The van der Waals surface area contributed by atoms with Gasteiger partial charge in [0.15, 0.2) is 0 Å². The quantitative estimate of drug-likeness (QED) is 0.638. The highest BCUT2D eigenvalue weighted by Crippen LogP contribution is 2.16. The third-order valence-electron chi connectivity index (χ3n) is 2.85. The van der Waals surface area contributed by atoms with Crippen LogP contribution in [-0.2, 0) is 4.79 Å². The number of nitrogens with two attached hydrogens (primary N) is 1. The van der Waals surface area contributed by atoms with Gasteiger partial charge in [0.05, 0.1) is 0 Å². The van der Waals surface area contributed by atoms with Gasteiger partial charge in [0.25, 0.3) is 0 Å². The van der Waals surface area contributed by atoms with Crippen LogP contribution in [-0.4, -0.2) is 25.0 Å². The third-order valence-corrected chi connectivity index (χ3v) is 2.85. The molecule has 3 amide bonds. The van der Waals surface area contributed by atoms with Crippen LogP contribution in [0.15, 0.2) is 24.3 Å². The molecule has 0 spiro atoms. The Morgan fingerprint density at radius 2 is 1.95 bits per heavy atom. The Hall–Kier alpha value is -2.08. The number of hydrogen-bond acceptors (Lipinski definition) is 3. The Morgan fingerprint density at radius 3 is 2.53 bits per heavy atom. The Kier molecular flexibility index (Phi) is 5.32. The highest BCUT2D eigenvalue weighted by Gasteiger charge is 2.12. The van der Waals surface area contributed by atoms with E-state index < -0.39 is 18.0 Å². The van der Waals surface area contributed by atoms with Gasteiger partial charge in [-0.1, -0.05) is 12.1 Å². The van der Waals surface area contributed by atoms with E-state index in [4.69, 9.17) is 5.73 Å². The van der Waals surface area contributed by atoms with Crippen LogP contribution in [0.1, 0.15) is 25.5 Å². The molecule has 6 nitrogen and oxygen atoms in total. The zero-order chi connectivity index (χ0) is 14.4. The number of primary amides is 1. The van der Waals surface area contributed by atoms with Crippen LogP contribution in [0.4, 0.5) is 10.5 Å². The van der Waals surface area contributed by atoms with Crippen molar-refractivity contribution in [2.24, 2.45) is 5.73 Å². The molecule has 19 heavy (non-hydrogen) atoms. The molecule has 0 fully saturated rings. The number of anilines is 1. The fourth-order valence-corrected chi connectivity index (χ4v) is 1.49. The Labute approximate surface area is 112 Å². The second-order valence-corrected chi connectivity index (χ2v) is 4.36. The minimum Gasteiger partial charge on any atom is -0.368 e. The maximum absolute atomic E-state index is 11.6. The maximum atomic E-state index is 11.6. The molecule has 1 rings (SSSR count). The molecule has 0 radical (unpaired) electrons. The van der Waals surface area contributed by atoms with Crippen molar-refractivity contribution >= 4 is 17.6 Å². The molecule has 0 aliphatic rings. The van der Waals surface area contributed by atoms with Crippen LogP contribution in [0.25, 0.3) is 0 Å². The van der Waals surface area contributed by atoms with Crippen LogP contribution in [0.5, 0.6) is 0 Å². The third kappa shape index (κ3) is 4.59. The van der Waals surface area contributed by atoms with E-state index in [0.29, 0.717) is 5.69 Å². The van der Waals surface area contributed by atoms with Gasteiger partial charge >= 0.3 is 6.03 Å². The van der Waals surface area contributed by atoms with E-state index in [1.165, 1.54) is 6.92 Å². The standard InChI is InChI=1S/C13H20N4O2/c1-8(15-3)10-5-4-6-11(7-10)17-13(19)16-9(2)12(14)18/h4-9,15H,1-3H3,(H2,14,18)(H2,16,17,19). The fraction of sp³-hybridized carbons (Fsp3) is 0.385. The zero-order valence-corrected chi connectivity index (χ0v) is 11.4. The van der Waals surface area contributed by atoms with Gasteiger partial charge in [-0.15, -0.1) is 0 Å². The molecule has 6 heteroatoms. The van der Waals surface area contributed by atoms with Crippen LogP contribution in [0.3, 0.4) is 0 Å². The van der Waals surface area contributed by atoms with E-state index in [0.717, 1.165) is 5.56 Å². The molecule has 0 aromatic heterocycles. The SMILES string of the molecule is CNC(C)c1cccc(NC(=O)NC(C)C(N)=O)c1. The fourth-order valence-electron chi connectivity index (χ4n) is 1.49. The van der Waals surface area contributed by atoms with Crippen LogP contribution < -0.4 is 21.7 Å². The summed E-state index contributed by atoms with van der Waals surface area (Å²) in [5.41, 5.74) is 6.79. The summed E-state index contributed by atoms with van der Waals surface area (Å²) in [7, 11) is 1.87. The molecule has 104 valence electrons. The second-order valence-electron chi connectivity index (χ2n) is 4.36. The van der Waals surface area contributed by atoms with E-state index >= 15 is 0 Å². The van der Waals surface area contributed by atoms with E-state index in [-0.39, 0.29) is 6.04 Å². The van der Waals surface area contributed by atoms with E-state index in [1.54, 1.807) is 6.07 Å². The molecule has 2 unspecified atom stereocenters. The van der Waals surface area contributed by atoms with Crippen LogP contribution in [0, 0.1) is 0 Å². The predicted octanol–water partition coefficient (Wildman–Crippen LogP) is 0.962. The van der Waals surface area contributed by atoms with Crippen molar-refractivity contribution in [1.29, 1.82) is 0 Å². The zero-order valence-electron chi connectivity index (χ0n) is 11.4. The largest absolute Gasteiger partial charge is 0.368 e. The summed E-state index contributed by atoms with van der Waals surface area (Å²) in [4.78, 5) is 22.5. The lowest BCUT2D eigenvalue weighted by Gasteiger charge is -2.14. The van der Waals surface area contributed by atoms with Crippen molar-refractivity contribution in [3.8, 4) is 0 Å². The first kappa shape index (κ1) is 15.0. The molecular weight excluding hydrogens is 244 g/mol. The summed E-state index contributed by atoms with van der Waals surface area (Å²) in [6.45, 7) is 3.55. The molecule has 0 heterocycles. The summed E-state index contributed by atoms with van der Waals surface area (Å²) >= 11 is 0. The average Bonchev–Trinajstić information content (AvgIpc) is 2.37. The maximum Gasteiger partial charge on any atom is 0.319 e. The second kappa shape index (κ2) is 6.75. The van der Waals surface area contributed by atoms with Crippen molar-refractivity contribution in [3.63, 3.8) is 0 Å². The molecule has 0 saturated carbocycles. The number of rotatable bonds is 5. The van der Waals surface area contributed by atoms with Crippen LogP contribution >= 0.6 is 0 Å². The van der Waals surface area contributed by atoms with Gasteiger partial charge in [-0.2, -0.15) is 0 Å². The first-order valence-electron chi connectivity index (χ1n) is 6.08. The first-order valence-corrected chi connectivity index (χ1v) is 6.08. The van der Waals surface area contributed by atoms with Gasteiger partial charge in [-0.3, -0.25) is 4.79 Å². The lowest BCUT2D eigenvalue weighted by molar-refractivity contribution is -0.119. The summed E-state index contributed by atoms with van der Waals surface area (Å²) in [6, 6.07) is 6.50. The van der Waals surface area contributed by atoms with E-state index in [1.807, 2.05) is 32.2 Å². The smallest absolute Gasteiger partial charge is 0.319 e. The summed E-state index contributed by atoms with van der Waals surface area (Å²) in [6.07, 6.45) is 0. The molecule has 0 bridgehead atoms. The summed E-state index contributed by atoms with van der Waals surface area (Å²) < 4.78 is 0. The van der Waals surface area contributed by atoms with Gasteiger partial charge in [-0.25, -0.2) is 4.79 Å². The lowest BCUT2D eigenvalue weighted by atomic mass is 10.1. The van der Waals surface area contributed by atoms with Gasteiger partial charge in [0.2, 0.25) is 5.91 Å². The van der Waals surface area contributed by atoms with Crippen molar-refractivity contribution in [1.82, 2.24) is 10.6 Å². The van der Waals surface area contributed by atoms with E-state index in [9.17, 15) is 9.59 Å². The number of amides is 3. The molecule has 2 atom stereocenters. The lowest BCUT2D eigenvalue weighted by Crippen LogP contribution is -2.44. The molecule has 1 aromatic carbocycles. The molecule has 0 aliphatic carbocycles. The van der Waals surface area contributed by atoms with Crippen molar-refractivity contribution in [3.05, 3.63) is 29.8 Å². The van der Waals surface area contributed by atoms with Crippen LogP contribution in [0.2, 0.25) is 0 Å². The van der Waals surface area contributed by atoms with Crippen molar-refractivity contribution in [2.45, 2.75) is 25.9 Å². The molecule has 5 N–H and O–H groups in total. The van der Waals surface area contributed by atoms with Gasteiger partial charge in [0, 0.05) is 11.7 Å². The highest BCUT2D eigenvalue weighted by molar-refractivity contribution is 5.93. The molecular formula is C13H20N4O2. The monoisotopic (exact) mass is 264 g/mol. The van der Waals surface area contributed by atoms with Crippen molar-refractivity contribution < 1.29 is 9.59 Å². The highest BCUT2D eigenvalue weighted by atomic mass is 16.2. The number of carbonyl (C=O) groups is 2. The minimum absolute atomic E-state index is 0.189. The van der Waals surface area contributed by atoms with Gasteiger partial charge < -0.3 is 21.7 Å². The Bertz CT molecular complexity index is 462. The van der Waals surface area contributed by atoms with E-state index in [2.05, 4.69) is 16.0 Å². The Balaban J connectivity index is 2.67. The number of carbonyl (C=O) groups excluding carboxylic acids is 2. The van der Waals surface area contributed by atoms with Gasteiger partial charge in [0.1, 0.15) is 6.04 Å². The topological polar surface area (TPSA) is 96.2 Å². The molecule has 0 aliphatic heterocycles. The molecule has 1 aromatic rings. The summed E-state index contributed by atoms with van der Waals surface area (Å²) in [5, 5.41) is 8.23. The minimum atomic E-state index is -0.709. The predicted molar refractivity (Wildman–Crippen MR) is 74.7 cm³/mol.